The van der Waals surface area contributed by atoms with E-state index >= 15 is 0 Å². The van der Waals surface area contributed by atoms with E-state index in [1.807, 2.05) is 24.3 Å². The maximum absolute atomic E-state index is 12.2. The van der Waals surface area contributed by atoms with E-state index in [0.717, 1.165) is 18.5 Å². The fourth-order valence-corrected chi connectivity index (χ4v) is 2.50. The van der Waals surface area contributed by atoms with Gasteiger partial charge in [-0.1, -0.05) is 30.3 Å². The van der Waals surface area contributed by atoms with Gasteiger partial charge in [0.25, 0.3) is 5.91 Å². The summed E-state index contributed by atoms with van der Waals surface area (Å²) in [6.45, 7) is 0. The average Bonchev–Trinajstić information content (AvgIpc) is 3.04. The minimum absolute atomic E-state index is 0.0884. The van der Waals surface area contributed by atoms with Crippen molar-refractivity contribution in [3.63, 3.8) is 0 Å². The molecule has 24 heavy (non-hydrogen) atoms. The lowest BCUT2D eigenvalue weighted by atomic mass is 10.1. The van der Waals surface area contributed by atoms with E-state index in [4.69, 9.17) is 0 Å². The minimum atomic E-state index is -0.324. The van der Waals surface area contributed by atoms with Crippen LogP contribution >= 0.6 is 0 Å². The van der Waals surface area contributed by atoms with Crippen molar-refractivity contribution in [2.45, 2.75) is 25.7 Å². The standard InChI is InChI=1S/C17H19N5O2/c1-22-16(23)10-9-14(21-22)17(24)18-15-11-13(19-20-15)8-7-12-5-3-2-4-6-12/h2-6,11H,7-10H2,1H3,(H2,18,19,20,24). The molecule has 0 saturated carbocycles. The molecular formula is C17H19N5O2. The highest BCUT2D eigenvalue weighted by molar-refractivity contribution is 6.43. The van der Waals surface area contributed by atoms with Gasteiger partial charge in [0.05, 0.1) is 0 Å². The summed E-state index contributed by atoms with van der Waals surface area (Å²) in [6.07, 6.45) is 2.35. The molecule has 2 N–H and O–H groups in total. The molecule has 0 radical (unpaired) electrons. The van der Waals surface area contributed by atoms with Gasteiger partial charge >= 0.3 is 0 Å². The van der Waals surface area contributed by atoms with Crippen LogP contribution in [0.15, 0.2) is 41.5 Å². The first-order valence-corrected chi connectivity index (χ1v) is 7.85. The first-order chi connectivity index (χ1) is 11.6. The van der Waals surface area contributed by atoms with E-state index in [2.05, 4.69) is 32.7 Å². The second-order valence-corrected chi connectivity index (χ2v) is 5.68. The van der Waals surface area contributed by atoms with Gasteiger partial charge in [-0.3, -0.25) is 14.7 Å². The van der Waals surface area contributed by atoms with Crippen LogP contribution in [-0.2, 0) is 22.4 Å². The molecule has 1 aromatic heterocycles. The molecule has 2 aromatic rings. The van der Waals surface area contributed by atoms with Crippen molar-refractivity contribution in [1.29, 1.82) is 0 Å². The number of anilines is 1. The Bertz CT molecular complexity index is 766. The number of hydrazone groups is 1. The molecule has 2 amide bonds. The summed E-state index contributed by atoms with van der Waals surface area (Å²) in [5, 5.41) is 14.9. The Hall–Kier alpha value is -2.96. The zero-order valence-corrected chi connectivity index (χ0v) is 13.5. The van der Waals surface area contributed by atoms with Crippen molar-refractivity contribution in [3.05, 3.63) is 47.7 Å². The number of aromatic nitrogens is 2. The fourth-order valence-electron chi connectivity index (χ4n) is 2.50. The smallest absolute Gasteiger partial charge is 0.273 e. The van der Waals surface area contributed by atoms with Crippen molar-refractivity contribution in [1.82, 2.24) is 15.2 Å². The van der Waals surface area contributed by atoms with Crippen molar-refractivity contribution in [3.8, 4) is 0 Å². The number of H-pyrrole nitrogens is 1. The van der Waals surface area contributed by atoms with E-state index in [-0.39, 0.29) is 11.8 Å². The van der Waals surface area contributed by atoms with Gasteiger partial charge < -0.3 is 5.32 Å². The molecule has 0 atom stereocenters. The van der Waals surface area contributed by atoms with Crippen LogP contribution < -0.4 is 5.32 Å². The molecule has 1 aliphatic heterocycles. The van der Waals surface area contributed by atoms with Crippen LogP contribution in [0, 0.1) is 0 Å². The molecule has 7 heteroatoms. The van der Waals surface area contributed by atoms with Crippen LogP contribution in [0.5, 0.6) is 0 Å². The maximum Gasteiger partial charge on any atom is 0.273 e. The van der Waals surface area contributed by atoms with Gasteiger partial charge in [-0.25, -0.2) is 5.01 Å². The van der Waals surface area contributed by atoms with Gasteiger partial charge in [0, 0.05) is 31.6 Å². The quantitative estimate of drug-likeness (QED) is 0.877. The SMILES string of the molecule is CN1N=C(C(=O)Nc2cc(CCc3ccccc3)[nH]n2)CCC1=O. The number of nitrogens with one attached hydrogen (secondary N) is 2. The number of nitrogens with zero attached hydrogens (tertiary/aromatic N) is 3. The summed E-state index contributed by atoms with van der Waals surface area (Å²) < 4.78 is 0. The molecule has 0 aliphatic carbocycles. The number of hydrogen-bond donors (Lipinski definition) is 2. The van der Waals surface area contributed by atoms with E-state index in [1.54, 1.807) is 7.05 Å². The third-order valence-electron chi connectivity index (χ3n) is 3.87. The molecule has 124 valence electrons. The van der Waals surface area contributed by atoms with Gasteiger partial charge in [0.2, 0.25) is 5.91 Å². The zero-order chi connectivity index (χ0) is 16.9. The lowest BCUT2D eigenvalue weighted by Gasteiger charge is -2.18. The summed E-state index contributed by atoms with van der Waals surface area (Å²) in [4.78, 5) is 23.6. The number of carbonyl (C=O) groups excluding carboxylic acids is 2. The summed E-state index contributed by atoms with van der Waals surface area (Å²) in [5.41, 5.74) is 2.54. The van der Waals surface area contributed by atoms with Crippen LogP contribution in [0.4, 0.5) is 5.82 Å². The maximum atomic E-state index is 12.2. The molecular weight excluding hydrogens is 306 g/mol. The Morgan fingerprint density at radius 3 is 2.79 bits per heavy atom. The van der Waals surface area contributed by atoms with Crippen molar-refractivity contribution >= 4 is 23.3 Å². The monoisotopic (exact) mass is 325 g/mol. The molecule has 0 saturated heterocycles. The molecule has 0 spiro atoms. The number of hydrogen-bond acceptors (Lipinski definition) is 4. The van der Waals surface area contributed by atoms with Gasteiger partial charge in [0.1, 0.15) is 5.71 Å². The second-order valence-electron chi connectivity index (χ2n) is 5.68. The van der Waals surface area contributed by atoms with Crippen molar-refractivity contribution in [2.75, 3.05) is 12.4 Å². The highest BCUT2D eigenvalue weighted by atomic mass is 16.2. The number of benzene rings is 1. The van der Waals surface area contributed by atoms with Gasteiger partial charge in [-0.2, -0.15) is 10.2 Å². The average molecular weight is 325 g/mol. The first-order valence-electron chi connectivity index (χ1n) is 7.85. The third-order valence-corrected chi connectivity index (χ3v) is 3.87. The normalized spacial score (nSPS) is 14.5. The van der Waals surface area contributed by atoms with E-state index in [0.29, 0.717) is 24.4 Å². The number of rotatable bonds is 5. The lowest BCUT2D eigenvalue weighted by molar-refractivity contribution is -0.130. The van der Waals surface area contributed by atoms with Crippen molar-refractivity contribution < 1.29 is 9.59 Å². The van der Waals surface area contributed by atoms with Crippen LogP contribution in [-0.4, -0.2) is 39.8 Å². The number of aryl methyl sites for hydroxylation is 2. The Kier molecular flexibility index (Phi) is 4.69. The Labute approximate surface area is 139 Å². The second kappa shape index (κ2) is 7.08. The summed E-state index contributed by atoms with van der Waals surface area (Å²) in [5.74, 6) is 0.0512. The largest absolute Gasteiger partial charge is 0.304 e. The Balaban J connectivity index is 1.57. The van der Waals surface area contributed by atoms with E-state index < -0.39 is 0 Å². The predicted octanol–water partition coefficient (Wildman–Crippen LogP) is 1.74. The molecule has 0 fully saturated rings. The van der Waals surface area contributed by atoms with Crippen LogP contribution in [0.2, 0.25) is 0 Å². The fraction of sp³-hybridized carbons (Fsp3) is 0.294. The number of aromatic amines is 1. The van der Waals surface area contributed by atoms with Crippen LogP contribution in [0.1, 0.15) is 24.1 Å². The van der Waals surface area contributed by atoms with Gasteiger partial charge in [0.15, 0.2) is 5.82 Å². The van der Waals surface area contributed by atoms with Gasteiger partial charge in [-0.15, -0.1) is 0 Å². The minimum Gasteiger partial charge on any atom is -0.304 e. The van der Waals surface area contributed by atoms with E-state index in [9.17, 15) is 9.59 Å². The molecule has 0 bridgehead atoms. The third kappa shape index (κ3) is 3.87. The zero-order valence-electron chi connectivity index (χ0n) is 13.5. The topological polar surface area (TPSA) is 90.4 Å². The number of amides is 2. The number of carbonyl (C=O) groups is 2. The molecule has 2 heterocycles. The highest BCUT2D eigenvalue weighted by Gasteiger charge is 2.22. The van der Waals surface area contributed by atoms with Gasteiger partial charge in [-0.05, 0) is 18.4 Å². The summed E-state index contributed by atoms with van der Waals surface area (Å²) >= 11 is 0. The lowest BCUT2D eigenvalue weighted by Crippen LogP contribution is -2.34. The molecule has 3 rings (SSSR count). The molecule has 1 aliphatic rings. The van der Waals surface area contributed by atoms with Crippen molar-refractivity contribution in [2.24, 2.45) is 5.10 Å². The summed E-state index contributed by atoms with van der Waals surface area (Å²) in [7, 11) is 1.55. The van der Waals surface area contributed by atoms with E-state index in [1.165, 1.54) is 10.6 Å². The molecule has 1 aromatic carbocycles. The predicted molar refractivity (Wildman–Crippen MR) is 90.5 cm³/mol. The Morgan fingerprint density at radius 2 is 2.04 bits per heavy atom. The van der Waals surface area contributed by atoms with Crippen LogP contribution in [0.3, 0.4) is 0 Å². The van der Waals surface area contributed by atoms with Crippen LogP contribution in [0.25, 0.3) is 0 Å². The first kappa shape index (κ1) is 15.9. The molecule has 0 unspecified atom stereocenters. The molecule has 7 nitrogen and oxygen atoms in total. The summed E-state index contributed by atoms with van der Waals surface area (Å²) in [6, 6.07) is 12.0. The highest BCUT2D eigenvalue weighted by Crippen LogP contribution is 2.12. The Morgan fingerprint density at radius 1 is 1.25 bits per heavy atom.